The Morgan fingerprint density at radius 1 is 1.44 bits per heavy atom. The highest BCUT2D eigenvalue weighted by atomic mass is 16.3. The highest BCUT2D eigenvalue weighted by Crippen LogP contribution is 2.29. The number of aryl methyl sites for hydroxylation is 1. The van der Waals surface area contributed by atoms with Crippen LogP contribution >= 0.6 is 0 Å². The molecule has 1 aliphatic heterocycles. The number of amides is 1. The molecule has 86 valence electrons. The smallest absolute Gasteiger partial charge is 0.227 e. The lowest BCUT2D eigenvalue weighted by molar-refractivity contribution is -0.118. The van der Waals surface area contributed by atoms with E-state index in [1.54, 1.807) is 18.0 Å². The van der Waals surface area contributed by atoms with Gasteiger partial charge < -0.3 is 15.1 Å². The maximum Gasteiger partial charge on any atom is 0.227 e. The predicted octanol–water partition coefficient (Wildman–Crippen LogP) is 0.621. The fraction of sp³-hybridized carbons (Fsp3) is 0.417. The molecule has 1 aromatic carbocycles. The van der Waals surface area contributed by atoms with Gasteiger partial charge in [0, 0.05) is 19.2 Å². The van der Waals surface area contributed by atoms with Crippen LogP contribution in [0.2, 0.25) is 0 Å². The molecule has 1 amide bonds. The Bertz CT molecular complexity index is 417. The van der Waals surface area contributed by atoms with Crippen LogP contribution in [0.15, 0.2) is 18.2 Å². The number of hydrogen-bond donors (Lipinski definition) is 2. The van der Waals surface area contributed by atoms with E-state index in [0.29, 0.717) is 18.4 Å². The van der Waals surface area contributed by atoms with Gasteiger partial charge in [-0.1, -0.05) is 12.1 Å². The van der Waals surface area contributed by atoms with Gasteiger partial charge in [0.05, 0.1) is 6.61 Å². The number of aliphatic hydroxyl groups is 2. The van der Waals surface area contributed by atoms with Crippen molar-refractivity contribution in [3.8, 4) is 0 Å². The Labute approximate surface area is 94.1 Å². The third kappa shape index (κ3) is 1.81. The number of aliphatic hydroxyl groups excluding tert-OH is 2. The standard InChI is InChI=1S/C12H15NO3/c1-13-10-4-2-9(11(15)7-14)6-8(10)3-5-12(13)16/h2,4,6,11,14-15H,3,5,7H2,1H3. The molecule has 0 bridgehead atoms. The Morgan fingerprint density at radius 2 is 2.19 bits per heavy atom. The summed E-state index contributed by atoms with van der Waals surface area (Å²) in [5, 5.41) is 18.4. The average Bonchev–Trinajstić information content (AvgIpc) is 2.32. The summed E-state index contributed by atoms with van der Waals surface area (Å²) < 4.78 is 0. The van der Waals surface area contributed by atoms with E-state index in [0.717, 1.165) is 11.3 Å². The zero-order valence-electron chi connectivity index (χ0n) is 9.18. The highest BCUT2D eigenvalue weighted by Gasteiger charge is 2.21. The molecule has 1 aliphatic rings. The summed E-state index contributed by atoms with van der Waals surface area (Å²) in [5.41, 5.74) is 2.64. The second-order valence-electron chi connectivity index (χ2n) is 4.04. The molecule has 0 saturated heterocycles. The zero-order chi connectivity index (χ0) is 11.7. The van der Waals surface area contributed by atoms with Crippen LogP contribution in [0.3, 0.4) is 0 Å². The largest absolute Gasteiger partial charge is 0.393 e. The summed E-state index contributed by atoms with van der Waals surface area (Å²) in [5.74, 6) is 0.114. The Balaban J connectivity index is 2.37. The third-order valence-electron chi connectivity index (χ3n) is 3.00. The lowest BCUT2D eigenvalue weighted by atomic mass is 9.97. The molecule has 1 unspecified atom stereocenters. The van der Waals surface area contributed by atoms with Crippen molar-refractivity contribution in [2.75, 3.05) is 18.6 Å². The first-order valence-corrected chi connectivity index (χ1v) is 5.32. The van der Waals surface area contributed by atoms with Crippen LogP contribution in [0, 0.1) is 0 Å². The van der Waals surface area contributed by atoms with Gasteiger partial charge in [-0.2, -0.15) is 0 Å². The van der Waals surface area contributed by atoms with Crippen LogP contribution in [-0.2, 0) is 11.2 Å². The molecule has 1 heterocycles. The molecule has 0 saturated carbocycles. The SMILES string of the molecule is CN1C(=O)CCc2cc(C(O)CO)ccc21. The molecule has 0 spiro atoms. The van der Waals surface area contributed by atoms with Crippen LogP contribution in [0.1, 0.15) is 23.7 Å². The van der Waals surface area contributed by atoms with E-state index in [9.17, 15) is 9.90 Å². The summed E-state index contributed by atoms with van der Waals surface area (Å²) in [4.78, 5) is 13.1. The maximum atomic E-state index is 11.5. The van der Waals surface area contributed by atoms with E-state index >= 15 is 0 Å². The highest BCUT2D eigenvalue weighted by molar-refractivity contribution is 5.95. The predicted molar refractivity (Wildman–Crippen MR) is 60.2 cm³/mol. The van der Waals surface area contributed by atoms with Crippen LogP contribution in [0.5, 0.6) is 0 Å². The van der Waals surface area contributed by atoms with Gasteiger partial charge in [-0.25, -0.2) is 0 Å². The van der Waals surface area contributed by atoms with Crippen molar-refractivity contribution in [2.45, 2.75) is 18.9 Å². The Kier molecular flexibility index (Phi) is 2.94. The van der Waals surface area contributed by atoms with Crippen molar-refractivity contribution in [1.82, 2.24) is 0 Å². The zero-order valence-corrected chi connectivity index (χ0v) is 9.18. The minimum Gasteiger partial charge on any atom is -0.393 e. The monoisotopic (exact) mass is 221 g/mol. The number of carbonyl (C=O) groups excluding carboxylic acids is 1. The number of fused-ring (bicyclic) bond motifs is 1. The van der Waals surface area contributed by atoms with Gasteiger partial charge in [0.25, 0.3) is 0 Å². The quantitative estimate of drug-likeness (QED) is 0.769. The molecular formula is C12H15NO3. The van der Waals surface area contributed by atoms with Crippen LogP contribution in [-0.4, -0.2) is 29.8 Å². The average molecular weight is 221 g/mol. The first-order chi connectivity index (χ1) is 7.63. The molecule has 1 atom stereocenters. The van der Waals surface area contributed by atoms with E-state index in [2.05, 4.69) is 0 Å². The summed E-state index contributed by atoms with van der Waals surface area (Å²) in [7, 11) is 1.75. The fourth-order valence-electron chi connectivity index (χ4n) is 1.99. The van der Waals surface area contributed by atoms with Gasteiger partial charge in [-0.3, -0.25) is 4.79 Å². The second-order valence-corrected chi connectivity index (χ2v) is 4.04. The number of nitrogens with zero attached hydrogens (tertiary/aromatic N) is 1. The maximum absolute atomic E-state index is 11.5. The number of carbonyl (C=O) groups is 1. The molecule has 2 rings (SSSR count). The van der Waals surface area contributed by atoms with Crippen molar-refractivity contribution < 1.29 is 15.0 Å². The van der Waals surface area contributed by atoms with Crippen LogP contribution in [0.4, 0.5) is 5.69 Å². The minimum atomic E-state index is -0.840. The first kappa shape index (κ1) is 11.1. The van der Waals surface area contributed by atoms with Gasteiger partial charge in [0.15, 0.2) is 0 Å². The summed E-state index contributed by atoms with van der Waals surface area (Å²) in [6.45, 7) is -0.284. The fourth-order valence-corrected chi connectivity index (χ4v) is 1.99. The van der Waals surface area contributed by atoms with E-state index in [-0.39, 0.29) is 12.5 Å². The van der Waals surface area contributed by atoms with E-state index in [1.807, 2.05) is 12.1 Å². The van der Waals surface area contributed by atoms with Gasteiger partial charge in [-0.15, -0.1) is 0 Å². The molecule has 16 heavy (non-hydrogen) atoms. The Morgan fingerprint density at radius 3 is 2.88 bits per heavy atom. The molecule has 2 N–H and O–H groups in total. The number of hydrogen-bond acceptors (Lipinski definition) is 3. The van der Waals surface area contributed by atoms with Crippen LogP contribution in [0.25, 0.3) is 0 Å². The number of rotatable bonds is 2. The molecule has 0 aliphatic carbocycles. The molecule has 0 radical (unpaired) electrons. The molecule has 4 nitrogen and oxygen atoms in total. The summed E-state index contributed by atoms with van der Waals surface area (Å²) in [6, 6.07) is 5.43. The summed E-state index contributed by atoms with van der Waals surface area (Å²) >= 11 is 0. The summed E-state index contributed by atoms with van der Waals surface area (Å²) in [6.07, 6.45) is 0.361. The lowest BCUT2D eigenvalue weighted by Gasteiger charge is -2.26. The van der Waals surface area contributed by atoms with Crippen molar-refractivity contribution in [1.29, 1.82) is 0 Å². The van der Waals surface area contributed by atoms with Crippen molar-refractivity contribution in [3.05, 3.63) is 29.3 Å². The topological polar surface area (TPSA) is 60.8 Å². The number of benzene rings is 1. The normalized spacial score (nSPS) is 17.2. The van der Waals surface area contributed by atoms with Crippen LogP contribution < -0.4 is 4.90 Å². The molecule has 1 aromatic rings. The van der Waals surface area contributed by atoms with Crippen molar-refractivity contribution in [3.63, 3.8) is 0 Å². The molecule has 0 aromatic heterocycles. The van der Waals surface area contributed by atoms with Crippen molar-refractivity contribution >= 4 is 11.6 Å². The van der Waals surface area contributed by atoms with Gasteiger partial charge in [-0.05, 0) is 23.6 Å². The van der Waals surface area contributed by atoms with Gasteiger partial charge in [0.1, 0.15) is 6.10 Å². The first-order valence-electron chi connectivity index (χ1n) is 5.32. The van der Waals surface area contributed by atoms with E-state index < -0.39 is 6.10 Å². The molecule has 4 heteroatoms. The van der Waals surface area contributed by atoms with E-state index in [4.69, 9.17) is 5.11 Å². The van der Waals surface area contributed by atoms with Gasteiger partial charge in [0.2, 0.25) is 5.91 Å². The lowest BCUT2D eigenvalue weighted by Crippen LogP contribution is -2.31. The third-order valence-corrected chi connectivity index (χ3v) is 3.00. The van der Waals surface area contributed by atoms with Gasteiger partial charge >= 0.3 is 0 Å². The molecular weight excluding hydrogens is 206 g/mol. The second kappa shape index (κ2) is 4.23. The van der Waals surface area contributed by atoms with Crippen molar-refractivity contribution in [2.24, 2.45) is 0 Å². The molecule has 0 fully saturated rings. The van der Waals surface area contributed by atoms with E-state index in [1.165, 1.54) is 0 Å². The Hall–Kier alpha value is -1.39. The number of anilines is 1. The minimum absolute atomic E-state index is 0.114.